The molecular formula is C22H35N7O5. The van der Waals surface area contributed by atoms with Crippen molar-refractivity contribution >= 4 is 23.7 Å². The van der Waals surface area contributed by atoms with Crippen LogP contribution in [0.4, 0.5) is 0 Å². The summed E-state index contributed by atoms with van der Waals surface area (Å²) in [6, 6.07) is -3.26. The molecule has 4 atom stereocenters. The number of aromatic nitrogens is 2. The summed E-state index contributed by atoms with van der Waals surface area (Å²) < 4.78 is 0. The molecule has 1 aromatic rings. The van der Waals surface area contributed by atoms with Crippen molar-refractivity contribution in [3.63, 3.8) is 0 Å². The Bertz CT molecular complexity index is 862. The predicted octanol–water partition coefficient (Wildman–Crippen LogP) is -1.04. The molecule has 0 aromatic carbocycles. The molecule has 2 aliphatic rings. The highest BCUT2D eigenvalue weighted by atomic mass is 16.4. The number of aromatic amines is 1. The Morgan fingerprint density at radius 1 is 1.15 bits per heavy atom. The van der Waals surface area contributed by atoms with Crippen LogP contribution in [-0.2, 0) is 25.6 Å². The molecule has 3 amide bonds. The first-order chi connectivity index (χ1) is 16.3. The third-order valence-corrected chi connectivity index (χ3v) is 6.54. The Kier molecular flexibility index (Phi) is 8.99. The number of H-pyrrole nitrogens is 1. The molecule has 0 spiro atoms. The van der Waals surface area contributed by atoms with Crippen LogP contribution in [0.5, 0.6) is 0 Å². The Labute approximate surface area is 198 Å². The number of nitrogens with one attached hydrogen (secondary N) is 2. The number of carbonyl (C=O) groups excluding carboxylic acids is 3. The van der Waals surface area contributed by atoms with Crippen LogP contribution in [0.3, 0.4) is 0 Å². The van der Waals surface area contributed by atoms with Gasteiger partial charge in [-0.3, -0.25) is 14.4 Å². The van der Waals surface area contributed by atoms with E-state index in [-0.39, 0.29) is 18.2 Å². The minimum absolute atomic E-state index is 0.0503. The Morgan fingerprint density at radius 3 is 2.50 bits per heavy atom. The number of hydrogen-bond donors (Lipinski definition) is 5. The number of aliphatic carboxylic acids is 1. The molecule has 12 heteroatoms. The second kappa shape index (κ2) is 11.9. The fraction of sp³-hybridized carbons (Fsp3) is 0.682. The van der Waals surface area contributed by atoms with Gasteiger partial charge in [0, 0.05) is 31.4 Å². The summed E-state index contributed by atoms with van der Waals surface area (Å²) in [6.45, 7) is 1.38. The van der Waals surface area contributed by atoms with Gasteiger partial charge in [-0.1, -0.05) is 6.42 Å². The largest absolute Gasteiger partial charge is 0.480 e. The van der Waals surface area contributed by atoms with Crippen LogP contribution in [0, 0.1) is 0 Å². The topological polar surface area (TPSA) is 188 Å². The number of carboxylic acid groups (broad SMARTS) is 1. The smallest absolute Gasteiger partial charge is 0.326 e. The number of unbranched alkanes of at least 4 members (excludes halogenated alkanes) is 1. The summed E-state index contributed by atoms with van der Waals surface area (Å²) in [5, 5.41) is 12.1. The first-order valence-corrected chi connectivity index (χ1v) is 11.9. The maximum absolute atomic E-state index is 13.4. The van der Waals surface area contributed by atoms with Gasteiger partial charge in [-0.2, -0.15) is 0 Å². The highest BCUT2D eigenvalue weighted by Gasteiger charge is 2.43. The normalized spacial score (nSPS) is 21.9. The highest BCUT2D eigenvalue weighted by molar-refractivity contribution is 5.94. The predicted molar refractivity (Wildman–Crippen MR) is 122 cm³/mol. The number of carboxylic acids is 1. The lowest BCUT2D eigenvalue weighted by atomic mass is 10.1. The lowest BCUT2D eigenvalue weighted by Gasteiger charge is -2.32. The van der Waals surface area contributed by atoms with Crippen molar-refractivity contribution in [3.8, 4) is 0 Å². The van der Waals surface area contributed by atoms with Gasteiger partial charge in [-0.25, -0.2) is 9.78 Å². The van der Waals surface area contributed by atoms with E-state index in [9.17, 15) is 24.3 Å². The molecule has 2 fully saturated rings. The number of carbonyl (C=O) groups is 4. The van der Waals surface area contributed by atoms with Crippen LogP contribution in [0.1, 0.15) is 50.6 Å². The molecular weight excluding hydrogens is 442 g/mol. The van der Waals surface area contributed by atoms with Crippen molar-refractivity contribution < 1.29 is 24.3 Å². The van der Waals surface area contributed by atoms with Crippen LogP contribution in [0.15, 0.2) is 12.5 Å². The van der Waals surface area contributed by atoms with Gasteiger partial charge in [0.05, 0.1) is 12.4 Å². The van der Waals surface area contributed by atoms with E-state index in [0.29, 0.717) is 57.4 Å². The van der Waals surface area contributed by atoms with Gasteiger partial charge in [0.2, 0.25) is 17.7 Å². The zero-order chi connectivity index (χ0) is 24.7. The molecule has 0 radical (unpaired) electrons. The van der Waals surface area contributed by atoms with Crippen molar-refractivity contribution in [2.75, 3.05) is 19.6 Å². The van der Waals surface area contributed by atoms with Gasteiger partial charge in [-0.15, -0.1) is 0 Å². The summed E-state index contributed by atoms with van der Waals surface area (Å²) in [5.74, 6) is -2.21. The van der Waals surface area contributed by atoms with Crippen LogP contribution >= 0.6 is 0 Å². The molecule has 3 rings (SSSR count). The van der Waals surface area contributed by atoms with Gasteiger partial charge in [0.25, 0.3) is 0 Å². The second-order valence-electron chi connectivity index (χ2n) is 8.95. The van der Waals surface area contributed by atoms with Gasteiger partial charge in [0.1, 0.15) is 18.1 Å². The molecule has 188 valence electrons. The summed E-state index contributed by atoms with van der Waals surface area (Å²) in [6.07, 6.45) is 7.29. The van der Waals surface area contributed by atoms with Gasteiger partial charge >= 0.3 is 5.97 Å². The fourth-order valence-electron chi connectivity index (χ4n) is 4.71. The number of nitrogens with two attached hydrogens (primary N) is 2. The zero-order valence-electron chi connectivity index (χ0n) is 19.3. The molecule has 4 unspecified atom stereocenters. The number of rotatable bonds is 11. The monoisotopic (exact) mass is 477 g/mol. The molecule has 0 saturated carbocycles. The van der Waals surface area contributed by atoms with Crippen LogP contribution < -0.4 is 16.8 Å². The van der Waals surface area contributed by atoms with Crippen molar-refractivity contribution in [3.05, 3.63) is 18.2 Å². The number of nitrogens with zero attached hydrogens (tertiary/aromatic N) is 3. The first kappa shape index (κ1) is 25.6. The van der Waals surface area contributed by atoms with Crippen LogP contribution in [0.25, 0.3) is 0 Å². The van der Waals surface area contributed by atoms with E-state index in [0.717, 1.165) is 12.8 Å². The van der Waals surface area contributed by atoms with E-state index in [1.54, 1.807) is 4.90 Å². The third-order valence-electron chi connectivity index (χ3n) is 6.54. The number of likely N-dealkylation sites (tertiary alicyclic amines) is 2. The fourth-order valence-corrected chi connectivity index (χ4v) is 4.71. The lowest BCUT2D eigenvalue weighted by molar-refractivity contribution is -0.148. The van der Waals surface area contributed by atoms with E-state index < -0.39 is 36.0 Å². The second-order valence-corrected chi connectivity index (χ2v) is 8.95. The molecule has 0 aliphatic carbocycles. The van der Waals surface area contributed by atoms with E-state index >= 15 is 0 Å². The third kappa shape index (κ3) is 6.11. The van der Waals surface area contributed by atoms with E-state index in [1.165, 1.54) is 17.4 Å². The Morgan fingerprint density at radius 2 is 1.85 bits per heavy atom. The van der Waals surface area contributed by atoms with Gasteiger partial charge in [0.15, 0.2) is 0 Å². The maximum Gasteiger partial charge on any atom is 0.326 e. The Balaban J connectivity index is 1.63. The molecule has 2 aliphatic heterocycles. The lowest BCUT2D eigenvalue weighted by Crippen LogP contribution is -2.56. The van der Waals surface area contributed by atoms with Crippen molar-refractivity contribution in [1.29, 1.82) is 0 Å². The zero-order valence-corrected chi connectivity index (χ0v) is 19.3. The number of imidazole rings is 1. The van der Waals surface area contributed by atoms with Crippen molar-refractivity contribution in [2.45, 2.75) is 75.5 Å². The molecule has 1 aromatic heterocycles. The van der Waals surface area contributed by atoms with Crippen molar-refractivity contribution in [2.24, 2.45) is 11.5 Å². The standard InChI is InChI=1S/C22H35N7O5/c23-8-2-1-5-15(24)20(31)29-10-4-7-18(29)21(32)28-9-3-6-17(28)19(30)27-16(22(33)34)11-14-12-25-13-26-14/h12-13,15-18H,1-11,23-24H2,(H,25,26)(H,27,30)(H,33,34). The SMILES string of the molecule is NCCCCC(N)C(=O)N1CCCC1C(=O)N1CCCC1C(=O)NC(Cc1cnc[nH]1)C(=O)O. The summed E-state index contributed by atoms with van der Waals surface area (Å²) in [7, 11) is 0. The Hall–Kier alpha value is -2.99. The molecule has 12 nitrogen and oxygen atoms in total. The summed E-state index contributed by atoms with van der Waals surface area (Å²) in [4.78, 5) is 60.7. The minimum atomic E-state index is -1.17. The van der Waals surface area contributed by atoms with Crippen LogP contribution in [-0.4, -0.2) is 92.4 Å². The van der Waals surface area contributed by atoms with E-state index in [2.05, 4.69) is 15.3 Å². The quantitative estimate of drug-likeness (QED) is 0.250. The molecule has 34 heavy (non-hydrogen) atoms. The highest BCUT2D eigenvalue weighted by Crippen LogP contribution is 2.26. The molecule has 0 bridgehead atoms. The molecule has 7 N–H and O–H groups in total. The summed E-state index contributed by atoms with van der Waals surface area (Å²) >= 11 is 0. The number of hydrogen-bond acceptors (Lipinski definition) is 7. The maximum atomic E-state index is 13.4. The van der Waals surface area contributed by atoms with Crippen LogP contribution in [0.2, 0.25) is 0 Å². The first-order valence-electron chi connectivity index (χ1n) is 11.9. The van der Waals surface area contributed by atoms with E-state index in [4.69, 9.17) is 11.5 Å². The van der Waals surface area contributed by atoms with Gasteiger partial charge < -0.3 is 36.7 Å². The average Bonchev–Trinajstić information content (AvgIpc) is 3.59. The van der Waals surface area contributed by atoms with Gasteiger partial charge in [-0.05, 0) is 45.1 Å². The average molecular weight is 478 g/mol. The minimum Gasteiger partial charge on any atom is -0.480 e. The van der Waals surface area contributed by atoms with Crippen molar-refractivity contribution in [1.82, 2.24) is 25.1 Å². The number of amides is 3. The molecule has 3 heterocycles. The molecule has 2 saturated heterocycles. The summed E-state index contributed by atoms with van der Waals surface area (Å²) in [5.41, 5.74) is 12.2. The van der Waals surface area contributed by atoms with E-state index in [1.807, 2.05) is 0 Å².